The molecule has 2 aromatic rings. The van der Waals surface area contributed by atoms with Gasteiger partial charge in [-0.05, 0) is 42.8 Å². The third-order valence-electron chi connectivity index (χ3n) is 3.05. The number of carbonyl (C=O) groups excluding carboxylic acids is 2. The molecule has 2 aromatic carbocycles. The maximum Gasteiger partial charge on any atom is 0.251 e. The van der Waals surface area contributed by atoms with Gasteiger partial charge in [-0.1, -0.05) is 35.9 Å². The first-order chi connectivity index (χ1) is 11.1. The van der Waals surface area contributed by atoms with Gasteiger partial charge in [0.15, 0.2) is 0 Å². The third kappa shape index (κ3) is 4.97. The average molecular weight is 329 g/mol. The van der Waals surface area contributed by atoms with Gasteiger partial charge in [-0.25, -0.2) is 0 Å². The topological polar surface area (TPSA) is 58.2 Å². The van der Waals surface area contributed by atoms with Gasteiger partial charge in [-0.15, -0.1) is 0 Å². The first-order valence-electron chi connectivity index (χ1n) is 7.22. The fraction of sp³-hybridized carbons (Fsp3) is 0.111. The second-order valence-corrected chi connectivity index (χ2v) is 5.19. The van der Waals surface area contributed by atoms with Crippen molar-refractivity contribution in [3.05, 3.63) is 70.8 Å². The smallest absolute Gasteiger partial charge is 0.251 e. The van der Waals surface area contributed by atoms with Crippen LogP contribution in [0.15, 0.2) is 54.6 Å². The lowest BCUT2D eigenvalue weighted by atomic mass is 10.2. The van der Waals surface area contributed by atoms with E-state index in [0.717, 1.165) is 5.56 Å². The van der Waals surface area contributed by atoms with Crippen molar-refractivity contribution in [3.8, 4) is 0 Å². The van der Waals surface area contributed by atoms with Crippen LogP contribution >= 0.6 is 11.6 Å². The lowest BCUT2D eigenvalue weighted by Crippen LogP contribution is -2.22. The molecule has 0 aliphatic heterocycles. The molecule has 0 aromatic heterocycles. The van der Waals surface area contributed by atoms with E-state index in [1.54, 1.807) is 36.4 Å². The molecule has 23 heavy (non-hydrogen) atoms. The Hall–Kier alpha value is -2.59. The largest absolute Gasteiger partial charge is 0.352 e. The molecule has 4 nitrogen and oxygen atoms in total. The van der Waals surface area contributed by atoms with Crippen molar-refractivity contribution in [2.24, 2.45) is 0 Å². The number of halogens is 1. The van der Waals surface area contributed by atoms with Gasteiger partial charge in [0.2, 0.25) is 5.91 Å². The van der Waals surface area contributed by atoms with Crippen molar-refractivity contribution in [3.63, 3.8) is 0 Å². The van der Waals surface area contributed by atoms with Crippen LogP contribution in [0.2, 0.25) is 5.02 Å². The zero-order valence-corrected chi connectivity index (χ0v) is 13.4. The molecule has 0 aliphatic carbocycles. The minimum Gasteiger partial charge on any atom is -0.352 e. The molecule has 0 fully saturated rings. The number of anilines is 1. The predicted octanol–water partition coefficient (Wildman–Crippen LogP) is 3.74. The van der Waals surface area contributed by atoms with Crippen LogP contribution < -0.4 is 10.6 Å². The number of benzene rings is 2. The first kappa shape index (κ1) is 16.8. The Bertz CT molecular complexity index is 741. The van der Waals surface area contributed by atoms with E-state index in [0.29, 0.717) is 22.8 Å². The summed E-state index contributed by atoms with van der Waals surface area (Å²) >= 11 is 6.03. The minimum absolute atomic E-state index is 0.171. The highest BCUT2D eigenvalue weighted by Crippen LogP contribution is 2.16. The summed E-state index contributed by atoms with van der Waals surface area (Å²) in [7, 11) is 0. The Morgan fingerprint density at radius 2 is 1.91 bits per heavy atom. The molecule has 0 heterocycles. The van der Waals surface area contributed by atoms with E-state index in [-0.39, 0.29) is 11.8 Å². The highest BCUT2D eigenvalue weighted by Gasteiger charge is 2.05. The van der Waals surface area contributed by atoms with E-state index < -0.39 is 0 Å². The summed E-state index contributed by atoms with van der Waals surface area (Å²) in [4.78, 5) is 23.7. The van der Waals surface area contributed by atoms with Crippen LogP contribution in [0.25, 0.3) is 6.08 Å². The third-order valence-corrected chi connectivity index (χ3v) is 3.39. The molecule has 0 atom stereocenters. The van der Waals surface area contributed by atoms with Gasteiger partial charge in [-0.2, -0.15) is 0 Å². The molecule has 2 amide bonds. The maximum absolute atomic E-state index is 12.0. The summed E-state index contributed by atoms with van der Waals surface area (Å²) < 4.78 is 0. The maximum atomic E-state index is 12.0. The molecule has 2 rings (SSSR count). The van der Waals surface area contributed by atoms with Crippen LogP contribution in [-0.4, -0.2) is 18.4 Å². The molecule has 0 unspecified atom stereocenters. The SMILES string of the molecule is CCNC(=O)c1cccc(NC(=O)/C=C/c2ccccc2Cl)c1. The number of carbonyl (C=O) groups is 2. The van der Waals surface area contributed by atoms with Gasteiger partial charge in [0.25, 0.3) is 5.91 Å². The second kappa shape index (κ2) is 8.15. The molecule has 0 radical (unpaired) electrons. The Morgan fingerprint density at radius 3 is 2.65 bits per heavy atom. The fourth-order valence-corrected chi connectivity index (χ4v) is 2.16. The van der Waals surface area contributed by atoms with Crippen LogP contribution in [0.5, 0.6) is 0 Å². The monoisotopic (exact) mass is 328 g/mol. The quantitative estimate of drug-likeness (QED) is 0.821. The summed E-state index contributed by atoms with van der Waals surface area (Å²) in [6.07, 6.45) is 3.05. The van der Waals surface area contributed by atoms with Crippen molar-refractivity contribution >= 4 is 35.2 Å². The van der Waals surface area contributed by atoms with Gasteiger partial charge >= 0.3 is 0 Å². The highest BCUT2D eigenvalue weighted by molar-refractivity contribution is 6.32. The Balaban J connectivity index is 2.04. The number of rotatable bonds is 5. The van der Waals surface area contributed by atoms with Gasteiger partial charge in [0, 0.05) is 28.9 Å². The van der Waals surface area contributed by atoms with Crippen molar-refractivity contribution < 1.29 is 9.59 Å². The summed E-state index contributed by atoms with van der Waals surface area (Å²) in [5.74, 6) is -0.465. The average Bonchev–Trinajstić information content (AvgIpc) is 2.54. The summed E-state index contributed by atoms with van der Waals surface area (Å²) in [6.45, 7) is 2.40. The van der Waals surface area contributed by atoms with Gasteiger partial charge in [-0.3, -0.25) is 9.59 Å². The van der Waals surface area contributed by atoms with Crippen molar-refractivity contribution in [2.45, 2.75) is 6.92 Å². The van der Waals surface area contributed by atoms with Crippen molar-refractivity contribution in [1.29, 1.82) is 0 Å². The lowest BCUT2D eigenvalue weighted by molar-refractivity contribution is -0.111. The van der Waals surface area contributed by atoms with Crippen LogP contribution in [0.1, 0.15) is 22.8 Å². The molecule has 0 aliphatic rings. The molecule has 2 N–H and O–H groups in total. The first-order valence-corrected chi connectivity index (χ1v) is 7.60. The van der Waals surface area contributed by atoms with Gasteiger partial charge < -0.3 is 10.6 Å². The van der Waals surface area contributed by atoms with Crippen LogP contribution in [0.3, 0.4) is 0 Å². The van der Waals surface area contributed by atoms with E-state index in [4.69, 9.17) is 11.6 Å². The predicted molar refractivity (Wildman–Crippen MR) is 93.6 cm³/mol. The standard InChI is InChI=1S/C18H17ClN2O2/c1-2-20-18(23)14-7-5-8-15(12-14)21-17(22)11-10-13-6-3-4-9-16(13)19/h3-12H,2H2,1H3,(H,20,23)(H,21,22)/b11-10+. The van der Waals surface area contributed by atoms with E-state index in [9.17, 15) is 9.59 Å². The van der Waals surface area contributed by atoms with E-state index >= 15 is 0 Å². The number of amides is 2. The summed E-state index contributed by atoms with van der Waals surface area (Å²) in [5, 5.41) is 6.01. The number of hydrogen-bond acceptors (Lipinski definition) is 2. The highest BCUT2D eigenvalue weighted by atomic mass is 35.5. The van der Waals surface area contributed by atoms with E-state index in [1.807, 2.05) is 25.1 Å². The van der Waals surface area contributed by atoms with Crippen LogP contribution in [0, 0.1) is 0 Å². The molecule has 5 heteroatoms. The van der Waals surface area contributed by atoms with Crippen molar-refractivity contribution in [2.75, 3.05) is 11.9 Å². The lowest BCUT2D eigenvalue weighted by Gasteiger charge is -2.06. The van der Waals surface area contributed by atoms with Gasteiger partial charge in [0.1, 0.15) is 0 Å². The molecular formula is C18H17ClN2O2. The second-order valence-electron chi connectivity index (χ2n) is 4.78. The molecule has 0 saturated carbocycles. The molecule has 0 bridgehead atoms. The Labute approximate surface area is 140 Å². The van der Waals surface area contributed by atoms with E-state index in [2.05, 4.69) is 10.6 Å². The summed E-state index contributed by atoms with van der Waals surface area (Å²) in [5.41, 5.74) is 1.82. The Kier molecular flexibility index (Phi) is 5.94. The van der Waals surface area contributed by atoms with Crippen molar-refractivity contribution in [1.82, 2.24) is 5.32 Å². The number of hydrogen-bond donors (Lipinski definition) is 2. The normalized spacial score (nSPS) is 10.5. The minimum atomic E-state index is -0.294. The fourth-order valence-electron chi connectivity index (χ4n) is 1.96. The van der Waals surface area contributed by atoms with Crippen LogP contribution in [-0.2, 0) is 4.79 Å². The van der Waals surface area contributed by atoms with Gasteiger partial charge in [0.05, 0.1) is 0 Å². The zero-order valence-electron chi connectivity index (χ0n) is 12.7. The summed E-state index contributed by atoms with van der Waals surface area (Å²) in [6, 6.07) is 14.0. The molecule has 0 spiro atoms. The molecule has 0 saturated heterocycles. The molecule has 118 valence electrons. The zero-order chi connectivity index (χ0) is 16.7. The Morgan fingerprint density at radius 1 is 1.13 bits per heavy atom. The van der Waals surface area contributed by atoms with E-state index in [1.165, 1.54) is 6.08 Å². The van der Waals surface area contributed by atoms with Crippen LogP contribution in [0.4, 0.5) is 5.69 Å². The number of nitrogens with one attached hydrogen (secondary N) is 2. The molecular weight excluding hydrogens is 312 g/mol.